The molecule has 3 aliphatic rings. The van der Waals surface area contributed by atoms with Gasteiger partial charge in [0, 0.05) is 19.1 Å². The van der Waals surface area contributed by atoms with Gasteiger partial charge in [0.05, 0.1) is 5.71 Å². The highest BCUT2D eigenvalue weighted by molar-refractivity contribution is 5.84. The summed E-state index contributed by atoms with van der Waals surface area (Å²) in [6.45, 7) is 2.57. The van der Waals surface area contributed by atoms with E-state index in [-0.39, 0.29) is 0 Å². The van der Waals surface area contributed by atoms with Gasteiger partial charge in [-0.1, -0.05) is 24.4 Å². The molecule has 17 heavy (non-hydrogen) atoms. The van der Waals surface area contributed by atoms with Crippen LogP contribution in [0.3, 0.4) is 0 Å². The van der Waals surface area contributed by atoms with E-state index < -0.39 is 0 Å². The molecule has 1 heterocycles. The summed E-state index contributed by atoms with van der Waals surface area (Å²) in [5.74, 6) is 1.65. The molecule has 3 fully saturated rings. The molecule has 3 nitrogen and oxygen atoms in total. The van der Waals surface area contributed by atoms with E-state index in [1.54, 1.807) is 0 Å². The van der Waals surface area contributed by atoms with Gasteiger partial charge in [0.25, 0.3) is 0 Å². The van der Waals surface area contributed by atoms with Gasteiger partial charge >= 0.3 is 0 Å². The van der Waals surface area contributed by atoms with Gasteiger partial charge in [0.1, 0.15) is 0 Å². The lowest BCUT2D eigenvalue weighted by Gasteiger charge is -2.31. The fourth-order valence-corrected chi connectivity index (χ4v) is 4.13. The van der Waals surface area contributed by atoms with E-state index in [4.69, 9.17) is 5.21 Å². The third-order valence-electron chi connectivity index (χ3n) is 5.14. The highest BCUT2D eigenvalue weighted by atomic mass is 16.4. The lowest BCUT2D eigenvalue weighted by molar-refractivity contribution is 0.182. The number of hydrogen-bond donors (Lipinski definition) is 1. The molecule has 0 amide bonds. The van der Waals surface area contributed by atoms with Crippen molar-refractivity contribution in [2.75, 3.05) is 13.1 Å². The second kappa shape index (κ2) is 4.97. The molecule has 2 saturated carbocycles. The molecule has 3 rings (SSSR count). The fraction of sp³-hybridized carbons (Fsp3) is 0.929. The van der Waals surface area contributed by atoms with Crippen molar-refractivity contribution in [2.45, 2.75) is 57.4 Å². The summed E-state index contributed by atoms with van der Waals surface area (Å²) in [6, 6.07) is 0.865. The van der Waals surface area contributed by atoms with E-state index in [1.807, 2.05) is 0 Å². The smallest absolute Gasteiger partial charge is 0.0574 e. The summed E-state index contributed by atoms with van der Waals surface area (Å²) < 4.78 is 0. The van der Waals surface area contributed by atoms with E-state index in [0.717, 1.165) is 36.4 Å². The van der Waals surface area contributed by atoms with Crippen molar-refractivity contribution in [3.05, 3.63) is 0 Å². The molecule has 0 unspecified atom stereocenters. The first kappa shape index (κ1) is 11.5. The Kier molecular flexibility index (Phi) is 3.37. The maximum atomic E-state index is 8.90. The zero-order chi connectivity index (χ0) is 11.7. The minimum atomic E-state index is 0.775. The molecule has 1 saturated heterocycles. The average molecular weight is 236 g/mol. The van der Waals surface area contributed by atoms with Crippen molar-refractivity contribution < 1.29 is 5.21 Å². The van der Waals surface area contributed by atoms with Crippen molar-refractivity contribution in [1.29, 1.82) is 0 Å². The van der Waals surface area contributed by atoms with Crippen molar-refractivity contribution in [1.82, 2.24) is 4.90 Å². The van der Waals surface area contributed by atoms with E-state index in [1.165, 1.54) is 51.6 Å². The Morgan fingerprint density at radius 3 is 2.53 bits per heavy atom. The van der Waals surface area contributed by atoms with Crippen molar-refractivity contribution >= 4 is 5.71 Å². The third kappa shape index (κ3) is 2.35. The normalized spacial score (nSPS) is 38.5. The Labute approximate surface area is 104 Å². The third-order valence-corrected chi connectivity index (χ3v) is 5.14. The molecule has 0 aromatic heterocycles. The van der Waals surface area contributed by atoms with Crippen molar-refractivity contribution in [3.63, 3.8) is 0 Å². The molecular formula is C14H24N2O. The highest BCUT2D eigenvalue weighted by Gasteiger charge is 2.39. The monoisotopic (exact) mass is 236 g/mol. The molecule has 0 aromatic rings. The average Bonchev–Trinajstić information content (AvgIpc) is 2.82. The van der Waals surface area contributed by atoms with Gasteiger partial charge in [0.15, 0.2) is 0 Å². The van der Waals surface area contributed by atoms with Gasteiger partial charge in [-0.25, -0.2) is 0 Å². The van der Waals surface area contributed by atoms with E-state index in [2.05, 4.69) is 10.1 Å². The van der Waals surface area contributed by atoms with E-state index >= 15 is 0 Å². The van der Waals surface area contributed by atoms with Crippen LogP contribution >= 0.6 is 0 Å². The first-order chi connectivity index (χ1) is 8.36. The number of oxime groups is 1. The zero-order valence-corrected chi connectivity index (χ0v) is 10.6. The summed E-state index contributed by atoms with van der Waals surface area (Å²) in [7, 11) is 0. The molecule has 2 atom stereocenters. The molecule has 0 spiro atoms. The van der Waals surface area contributed by atoms with Crippen LogP contribution in [0, 0.1) is 11.8 Å². The molecular weight excluding hydrogens is 212 g/mol. The summed E-state index contributed by atoms with van der Waals surface area (Å²) in [5.41, 5.74) is 1.04. The van der Waals surface area contributed by atoms with Crippen LogP contribution in [0.5, 0.6) is 0 Å². The van der Waals surface area contributed by atoms with Crippen molar-refractivity contribution in [2.24, 2.45) is 17.0 Å². The van der Waals surface area contributed by atoms with Gasteiger partial charge < -0.3 is 5.21 Å². The summed E-state index contributed by atoms with van der Waals surface area (Å²) in [4.78, 5) is 2.74. The van der Waals surface area contributed by atoms with E-state index in [0.29, 0.717) is 0 Å². The van der Waals surface area contributed by atoms with Crippen LogP contribution < -0.4 is 0 Å². The van der Waals surface area contributed by atoms with Gasteiger partial charge in [0.2, 0.25) is 0 Å². The Morgan fingerprint density at radius 1 is 1.00 bits per heavy atom. The standard InChI is InChI=1S/C14H24N2O/c17-15-13-7-6-11-9-16(10-12(11)8-13)14-4-2-1-3-5-14/h11-12,14,17H,1-10H2/t11-,12+/m1/s1. The number of likely N-dealkylation sites (tertiary alicyclic amines) is 1. The largest absolute Gasteiger partial charge is 0.411 e. The molecule has 1 N–H and O–H groups in total. The Morgan fingerprint density at radius 2 is 1.76 bits per heavy atom. The number of fused-ring (bicyclic) bond motifs is 1. The Bertz CT molecular complexity index is 297. The lowest BCUT2D eigenvalue weighted by atomic mass is 9.81. The minimum absolute atomic E-state index is 0.775. The number of rotatable bonds is 1. The maximum absolute atomic E-state index is 8.90. The zero-order valence-electron chi connectivity index (χ0n) is 10.6. The molecule has 1 aliphatic heterocycles. The van der Waals surface area contributed by atoms with Gasteiger partial charge in [-0.3, -0.25) is 4.90 Å². The Hall–Kier alpha value is -0.570. The van der Waals surface area contributed by atoms with Crippen LogP contribution in [-0.4, -0.2) is 35.0 Å². The number of nitrogens with zero attached hydrogens (tertiary/aromatic N) is 2. The van der Waals surface area contributed by atoms with Crippen LogP contribution in [0.4, 0.5) is 0 Å². The minimum Gasteiger partial charge on any atom is -0.411 e. The van der Waals surface area contributed by atoms with E-state index in [9.17, 15) is 0 Å². The SMILES string of the molecule is ON=C1CC[C@@H]2CN(C3CCCCC3)C[C@@H]2C1. The molecule has 0 radical (unpaired) electrons. The topological polar surface area (TPSA) is 35.8 Å². The molecule has 2 aliphatic carbocycles. The van der Waals surface area contributed by atoms with Crippen LogP contribution in [0.15, 0.2) is 5.16 Å². The summed E-state index contributed by atoms with van der Waals surface area (Å²) in [6.07, 6.45) is 10.5. The summed E-state index contributed by atoms with van der Waals surface area (Å²) in [5, 5.41) is 12.3. The van der Waals surface area contributed by atoms with Crippen LogP contribution in [0.2, 0.25) is 0 Å². The first-order valence-corrected chi connectivity index (χ1v) is 7.30. The second-order valence-corrected chi connectivity index (χ2v) is 6.17. The molecule has 96 valence electrons. The van der Waals surface area contributed by atoms with Gasteiger partial charge in [-0.05, 0) is 43.9 Å². The predicted octanol–water partition coefficient (Wildman–Crippen LogP) is 2.88. The fourth-order valence-electron chi connectivity index (χ4n) is 4.13. The van der Waals surface area contributed by atoms with Crippen molar-refractivity contribution in [3.8, 4) is 0 Å². The molecule has 0 bridgehead atoms. The number of hydrogen-bond acceptors (Lipinski definition) is 3. The predicted molar refractivity (Wildman–Crippen MR) is 68.5 cm³/mol. The molecule has 0 aromatic carbocycles. The van der Waals surface area contributed by atoms with Gasteiger partial charge in [-0.15, -0.1) is 0 Å². The highest BCUT2D eigenvalue weighted by Crippen LogP contribution is 2.37. The van der Waals surface area contributed by atoms with Gasteiger partial charge in [-0.2, -0.15) is 0 Å². The van der Waals surface area contributed by atoms with Crippen LogP contribution in [0.1, 0.15) is 51.4 Å². The lowest BCUT2D eigenvalue weighted by Crippen LogP contribution is -2.35. The Balaban J connectivity index is 1.60. The van der Waals surface area contributed by atoms with Crippen LogP contribution in [0.25, 0.3) is 0 Å². The first-order valence-electron chi connectivity index (χ1n) is 7.30. The quantitative estimate of drug-likeness (QED) is 0.561. The summed E-state index contributed by atoms with van der Waals surface area (Å²) >= 11 is 0. The maximum Gasteiger partial charge on any atom is 0.0574 e. The van der Waals surface area contributed by atoms with Crippen LogP contribution in [-0.2, 0) is 0 Å². The molecule has 3 heteroatoms. The second-order valence-electron chi connectivity index (χ2n) is 6.17.